The van der Waals surface area contributed by atoms with E-state index in [2.05, 4.69) is 5.32 Å². The van der Waals surface area contributed by atoms with Crippen molar-refractivity contribution in [2.45, 2.75) is 32.1 Å². The number of aliphatic carboxylic acids is 1. The number of ether oxygens (including phenoxy) is 2. The summed E-state index contributed by atoms with van der Waals surface area (Å²) in [4.78, 5) is 24.4. The quantitative estimate of drug-likeness (QED) is 0.788. The van der Waals surface area contributed by atoms with Crippen LogP contribution in [0.15, 0.2) is 24.3 Å². The summed E-state index contributed by atoms with van der Waals surface area (Å²) in [6, 6.07) is 7.37. The molecule has 0 bridgehead atoms. The Kier molecular flexibility index (Phi) is 6.42. The second-order valence-corrected chi connectivity index (χ2v) is 6.93. The minimum atomic E-state index is -0.873. The Labute approximate surface area is 148 Å². The molecule has 1 aromatic carbocycles. The maximum atomic E-state index is 12.8. The predicted molar refractivity (Wildman–Crippen MR) is 93.7 cm³/mol. The van der Waals surface area contributed by atoms with Crippen LogP contribution < -0.4 is 10.1 Å². The molecule has 6 nitrogen and oxygen atoms in total. The first-order valence-corrected chi connectivity index (χ1v) is 8.60. The van der Waals surface area contributed by atoms with Crippen LogP contribution in [-0.4, -0.2) is 43.9 Å². The molecule has 2 N–H and O–H groups in total. The molecule has 0 spiro atoms. The average molecular weight is 349 g/mol. The van der Waals surface area contributed by atoms with Gasteiger partial charge in [0.05, 0.1) is 18.4 Å². The highest BCUT2D eigenvalue weighted by Gasteiger charge is 2.35. The molecule has 1 unspecified atom stereocenters. The van der Waals surface area contributed by atoms with E-state index in [0.29, 0.717) is 31.8 Å². The van der Waals surface area contributed by atoms with E-state index in [9.17, 15) is 14.7 Å². The van der Waals surface area contributed by atoms with Gasteiger partial charge >= 0.3 is 5.97 Å². The van der Waals surface area contributed by atoms with Crippen LogP contribution in [0.25, 0.3) is 0 Å². The minimum absolute atomic E-state index is 0.0286. The largest absolute Gasteiger partial charge is 0.496 e. The van der Waals surface area contributed by atoms with E-state index in [4.69, 9.17) is 9.47 Å². The Morgan fingerprint density at radius 1 is 1.32 bits per heavy atom. The zero-order chi connectivity index (χ0) is 18.4. The number of nitrogens with one attached hydrogen (secondary N) is 1. The van der Waals surface area contributed by atoms with E-state index in [-0.39, 0.29) is 18.4 Å². The Balaban J connectivity index is 2.07. The number of methoxy groups -OCH3 is 1. The van der Waals surface area contributed by atoms with Crippen molar-refractivity contribution in [1.29, 1.82) is 0 Å². The van der Waals surface area contributed by atoms with Gasteiger partial charge in [-0.05, 0) is 38.7 Å². The number of hydrogen-bond donors (Lipinski definition) is 2. The lowest BCUT2D eigenvalue weighted by Gasteiger charge is -2.30. The molecule has 0 aliphatic carbocycles. The normalized spacial score (nSPS) is 16.9. The van der Waals surface area contributed by atoms with Gasteiger partial charge in [-0.2, -0.15) is 0 Å². The number of benzene rings is 1. The standard InChI is InChI=1S/C19H27NO5/c1-19(2,15-6-4-5-7-16(15)24-3)18(23)20-12-14(17(21)22)13-8-10-25-11-9-13/h4-7,13-14H,8-12H2,1-3H3,(H,20,23)(H,21,22). The van der Waals surface area contributed by atoms with Crippen LogP contribution in [0.5, 0.6) is 5.75 Å². The highest BCUT2D eigenvalue weighted by Crippen LogP contribution is 2.32. The molecule has 2 rings (SSSR count). The third kappa shape index (κ3) is 4.51. The first kappa shape index (κ1) is 19.2. The van der Waals surface area contributed by atoms with E-state index in [1.807, 2.05) is 38.1 Å². The van der Waals surface area contributed by atoms with Gasteiger partial charge in [-0.1, -0.05) is 18.2 Å². The van der Waals surface area contributed by atoms with Gasteiger partial charge < -0.3 is 19.9 Å². The third-order valence-corrected chi connectivity index (χ3v) is 4.98. The van der Waals surface area contributed by atoms with Crippen molar-refractivity contribution in [3.05, 3.63) is 29.8 Å². The van der Waals surface area contributed by atoms with Crippen LogP contribution in [0.2, 0.25) is 0 Å². The fourth-order valence-corrected chi connectivity index (χ4v) is 3.28. The molecule has 0 saturated carbocycles. The Morgan fingerprint density at radius 3 is 2.56 bits per heavy atom. The van der Waals surface area contributed by atoms with E-state index in [1.54, 1.807) is 7.11 Å². The fraction of sp³-hybridized carbons (Fsp3) is 0.579. The number of amides is 1. The number of hydrogen-bond acceptors (Lipinski definition) is 4. The monoisotopic (exact) mass is 349 g/mol. The van der Waals surface area contributed by atoms with Crippen LogP contribution >= 0.6 is 0 Å². The van der Waals surface area contributed by atoms with Gasteiger partial charge in [-0.3, -0.25) is 9.59 Å². The molecule has 138 valence electrons. The molecule has 1 atom stereocenters. The smallest absolute Gasteiger partial charge is 0.308 e. The van der Waals surface area contributed by atoms with Gasteiger partial charge in [-0.15, -0.1) is 0 Å². The highest BCUT2D eigenvalue weighted by atomic mass is 16.5. The van der Waals surface area contributed by atoms with Crippen molar-refractivity contribution in [3.63, 3.8) is 0 Å². The molecule has 1 aliphatic rings. The second kappa shape index (κ2) is 8.34. The summed E-state index contributed by atoms with van der Waals surface area (Å²) >= 11 is 0. The lowest BCUT2D eigenvalue weighted by atomic mass is 9.82. The Morgan fingerprint density at radius 2 is 1.96 bits per heavy atom. The van der Waals surface area contributed by atoms with Gasteiger partial charge in [0, 0.05) is 25.3 Å². The van der Waals surface area contributed by atoms with E-state index >= 15 is 0 Å². The van der Waals surface area contributed by atoms with E-state index < -0.39 is 17.3 Å². The third-order valence-electron chi connectivity index (χ3n) is 4.98. The van der Waals surface area contributed by atoms with Crippen LogP contribution in [0, 0.1) is 11.8 Å². The van der Waals surface area contributed by atoms with E-state index in [1.165, 1.54) is 0 Å². The molecule has 1 amide bonds. The van der Waals surface area contributed by atoms with Gasteiger partial charge in [0.1, 0.15) is 5.75 Å². The van der Waals surface area contributed by atoms with Crippen LogP contribution in [-0.2, 0) is 19.7 Å². The van der Waals surface area contributed by atoms with Crippen molar-refractivity contribution in [2.75, 3.05) is 26.9 Å². The average Bonchev–Trinajstić information content (AvgIpc) is 2.62. The lowest BCUT2D eigenvalue weighted by molar-refractivity contribution is -0.145. The SMILES string of the molecule is COc1ccccc1C(C)(C)C(=O)NCC(C(=O)O)C1CCOCC1. The van der Waals surface area contributed by atoms with E-state index in [0.717, 1.165) is 5.56 Å². The molecule has 25 heavy (non-hydrogen) atoms. The topological polar surface area (TPSA) is 84.9 Å². The molecule has 0 aromatic heterocycles. The molecular weight excluding hydrogens is 322 g/mol. The van der Waals surface area contributed by atoms with Crippen molar-refractivity contribution in [2.24, 2.45) is 11.8 Å². The maximum Gasteiger partial charge on any atom is 0.308 e. The molecule has 1 aliphatic heterocycles. The second-order valence-electron chi connectivity index (χ2n) is 6.93. The summed E-state index contributed by atoms with van der Waals surface area (Å²) in [6.07, 6.45) is 1.42. The van der Waals surface area contributed by atoms with Crippen molar-refractivity contribution in [3.8, 4) is 5.75 Å². The number of para-hydroxylation sites is 1. The van der Waals surface area contributed by atoms with Crippen molar-refractivity contribution < 1.29 is 24.2 Å². The maximum absolute atomic E-state index is 12.8. The molecular formula is C19H27NO5. The van der Waals surface area contributed by atoms with Crippen LogP contribution in [0.1, 0.15) is 32.3 Å². The van der Waals surface area contributed by atoms with Crippen molar-refractivity contribution >= 4 is 11.9 Å². The summed E-state index contributed by atoms with van der Waals surface area (Å²) in [5.74, 6) is -1.01. The minimum Gasteiger partial charge on any atom is -0.496 e. The summed E-state index contributed by atoms with van der Waals surface area (Å²) in [6.45, 7) is 4.90. The van der Waals surface area contributed by atoms with Crippen molar-refractivity contribution in [1.82, 2.24) is 5.32 Å². The number of carbonyl (C=O) groups excluding carboxylic acids is 1. The zero-order valence-corrected chi connectivity index (χ0v) is 15.1. The fourth-order valence-electron chi connectivity index (χ4n) is 3.28. The molecule has 0 radical (unpaired) electrons. The van der Waals surface area contributed by atoms with Gasteiger partial charge in [-0.25, -0.2) is 0 Å². The summed E-state index contributed by atoms with van der Waals surface area (Å²) in [7, 11) is 1.57. The molecule has 1 fully saturated rings. The number of rotatable bonds is 7. The summed E-state index contributed by atoms with van der Waals surface area (Å²) in [5, 5.41) is 12.4. The molecule has 1 aromatic rings. The number of carboxylic acids is 1. The first-order chi connectivity index (χ1) is 11.9. The Hall–Kier alpha value is -2.08. The number of carboxylic acid groups (broad SMARTS) is 1. The Bertz CT molecular complexity index is 608. The lowest BCUT2D eigenvalue weighted by Crippen LogP contribution is -2.45. The molecule has 6 heteroatoms. The van der Waals surface area contributed by atoms with Gasteiger partial charge in [0.25, 0.3) is 0 Å². The van der Waals surface area contributed by atoms with Crippen LogP contribution in [0.4, 0.5) is 0 Å². The first-order valence-electron chi connectivity index (χ1n) is 8.60. The van der Waals surface area contributed by atoms with Gasteiger partial charge in [0.2, 0.25) is 5.91 Å². The summed E-state index contributed by atoms with van der Waals surface area (Å²) in [5.41, 5.74) is -0.0568. The number of carbonyl (C=O) groups is 2. The summed E-state index contributed by atoms with van der Waals surface area (Å²) < 4.78 is 10.7. The van der Waals surface area contributed by atoms with Crippen LogP contribution in [0.3, 0.4) is 0 Å². The zero-order valence-electron chi connectivity index (χ0n) is 15.1. The predicted octanol–water partition coefficient (Wildman–Crippen LogP) is 2.22. The molecule has 1 saturated heterocycles. The van der Waals surface area contributed by atoms with Gasteiger partial charge in [0.15, 0.2) is 0 Å². The highest BCUT2D eigenvalue weighted by molar-refractivity contribution is 5.88. The molecule has 1 heterocycles.